The van der Waals surface area contributed by atoms with Gasteiger partial charge in [-0.3, -0.25) is 0 Å². The third-order valence-electron chi connectivity index (χ3n) is 2.93. The van der Waals surface area contributed by atoms with Crippen molar-refractivity contribution in [3.05, 3.63) is 34.5 Å². The van der Waals surface area contributed by atoms with Gasteiger partial charge in [-0.2, -0.15) is 4.98 Å². The molecule has 2 aromatic rings. The van der Waals surface area contributed by atoms with Gasteiger partial charge < -0.3 is 15.4 Å². The number of hydrogen-bond donors (Lipinski definition) is 2. The van der Waals surface area contributed by atoms with E-state index in [9.17, 15) is 0 Å². The highest BCUT2D eigenvalue weighted by Gasteiger charge is 2.09. The summed E-state index contributed by atoms with van der Waals surface area (Å²) in [6.45, 7) is 6.65. The molecule has 112 valence electrons. The molecule has 0 fully saturated rings. The molecule has 0 bridgehead atoms. The van der Waals surface area contributed by atoms with Crippen LogP contribution >= 0.6 is 11.6 Å². The largest absolute Gasteiger partial charge is 0.495 e. The van der Waals surface area contributed by atoms with Gasteiger partial charge in [-0.25, -0.2) is 4.98 Å². The molecule has 0 atom stereocenters. The maximum Gasteiger partial charge on any atom is 0.224 e. The number of anilines is 3. The lowest BCUT2D eigenvalue weighted by Crippen LogP contribution is -2.05. The van der Waals surface area contributed by atoms with E-state index in [4.69, 9.17) is 16.3 Å². The quantitative estimate of drug-likeness (QED) is 0.876. The van der Waals surface area contributed by atoms with Crippen LogP contribution in [-0.2, 0) is 0 Å². The molecule has 21 heavy (non-hydrogen) atoms. The van der Waals surface area contributed by atoms with Crippen molar-refractivity contribution >= 4 is 29.1 Å². The van der Waals surface area contributed by atoms with Crippen LogP contribution in [0.15, 0.2) is 18.2 Å². The van der Waals surface area contributed by atoms with Gasteiger partial charge in [0.05, 0.1) is 12.8 Å². The molecule has 0 aliphatic carbocycles. The van der Waals surface area contributed by atoms with Gasteiger partial charge in [-0.15, -0.1) is 0 Å². The van der Waals surface area contributed by atoms with E-state index in [1.54, 1.807) is 13.2 Å². The number of methoxy groups -OCH3 is 1. The molecule has 2 rings (SSSR count). The predicted octanol–water partition coefficient (Wildman–Crippen LogP) is 3.93. The first-order valence-corrected chi connectivity index (χ1v) is 7.12. The van der Waals surface area contributed by atoms with Gasteiger partial charge in [0.1, 0.15) is 11.6 Å². The molecule has 2 N–H and O–H groups in total. The second-order valence-electron chi connectivity index (χ2n) is 4.68. The number of ether oxygens (including phenoxy) is 1. The molecular weight excluding hydrogens is 288 g/mol. The van der Waals surface area contributed by atoms with Crippen LogP contribution in [0.5, 0.6) is 5.75 Å². The molecule has 0 spiro atoms. The smallest absolute Gasteiger partial charge is 0.224 e. The van der Waals surface area contributed by atoms with Crippen molar-refractivity contribution in [2.45, 2.75) is 20.8 Å². The van der Waals surface area contributed by atoms with Crippen molar-refractivity contribution < 1.29 is 4.74 Å². The van der Waals surface area contributed by atoms with E-state index in [-0.39, 0.29) is 0 Å². The van der Waals surface area contributed by atoms with E-state index in [1.807, 2.05) is 32.9 Å². The van der Waals surface area contributed by atoms with Gasteiger partial charge in [0.25, 0.3) is 0 Å². The minimum atomic E-state index is 0.602. The Labute approximate surface area is 129 Å². The summed E-state index contributed by atoms with van der Waals surface area (Å²) in [6, 6.07) is 5.61. The van der Waals surface area contributed by atoms with Crippen LogP contribution < -0.4 is 15.4 Å². The SMILES string of the molecule is CCNc1nc(C)cc(Nc2cc(C)c(Cl)cc2OC)n1. The third kappa shape index (κ3) is 3.76. The summed E-state index contributed by atoms with van der Waals surface area (Å²) in [5.41, 5.74) is 2.67. The summed E-state index contributed by atoms with van der Waals surface area (Å²) in [6.07, 6.45) is 0. The highest BCUT2D eigenvalue weighted by molar-refractivity contribution is 6.31. The molecule has 0 aliphatic heterocycles. The maximum absolute atomic E-state index is 6.12. The summed E-state index contributed by atoms with van der Waals surface area (Å²) in [4.78, 5) is 8.75. The fraction of sp³-hybridized carbons (Fsp3) is 0.333. The molecule has 6 heteroatoms. The Hall–Kier alpha value is -2.01. The number of nitrogens with zero attached hydrogens (tertiary/aromatic N) is 2. The second kappa shape index (κ2) is 6.63. The Balaban J connectivity index is 2.35. The highest BCUT2D eigenvalue weighted by atomic mass is 35.5. The van der Waals surface area contributed by atoms with E-state index in [0.29, 0.717) is 22.5 Å². The van der Waals surface area contributed by atoms with Gasteiger partial charge in [0, 0.05) is 29.4 Å². The fourth-order valence-electron chi connectivity index (χ4n) is 1.94. The molecule has 1 heterocycles. The average Bonchev–Trinajstić information content (AvgIpc) is 2.42. The van der Waals surface area contributed by atoms with Gasteiger partial charge in [0.2, 0.25) is 5.95 Å². The summed E-state index contributed by atoms with van der Waals surface area (Å²) >= 11 is 6.12. The molecule has 5 nitrogen and oxygen atoms in total. The van der Waals surface area contributed by atoms with Crippen LogP contribution in [0.25, 0.3) is 0 Å². The summed E-state index contributed by atoms with van der Waals surface area (Å²) in [5, 5.41) is 7.04. The fourth-order valence-corrected chi connectivity index (χ4v) is 2.09. The summed E-state index contributed by atoms with van der Waals surface area (Å²) in [7, 11) is 1.61. The molecule has 1 aromatic carbocycles. The number of nitrogens with one attached hydrogen (secondary N) is 2. The van der Waals surface area contributed by atoms with Gasteiger partial charge in [0.15, 0.2) is 0 Å². The first kappa shape index (κ1) is 15.4. The van der Waals surface area contributed by atoms with Gasteiger partial charge >= 0.3 is 0 Å². The predicted molar refractivity (Wildman–Crippen MR) is 87.0 cm³/mol. The molecule has 0 saturated heterocycles. The van der Waals surface area contributed by atoms with Crippen LogP contribution in [0.1, 0.15) is 18.2 Å². The zero-order chi connectivity index (χ0) is 15.4. The molecule has 1 aromatic heterocycles. The van der Waals surface area contributed by atoms with E-state index in [1.165, 1.54) is 0 Å². The Bertz CT molecular complexity index is 646. The summed E-state index contributed by atoms with van der Waals surface area (Å²) < 4.78 is 5.36. The number of hydrogen-bond acceptors (Lipinski definition) is 5. The third-order valence-corrected chi connectivity index (χ3v) is 3.34. The Morgan fingerprint density at radius 3 is 2.62 bits per heavy atom. The molecule has 0 aliphatic rings. The van der Waals surface area contributed by atoms with Crippen LogP contribution in [0.4, 0.5) is 17.5 Å². The Morgan fingerprint density at radius 2 is 1.95 bits per heavy atom. The second-order valence-corrected chi connectivity index (χ2v) is 5.08. The van der Waals surface area contributed by atoms with Crippen molar-refractivity contribution in [2.24, 2.45) is 0 Å². The minimum absolute atomic E-state index is 0.602. The Morgan fingerprint density at radius 1 is 1.19 bits per heavy atom. The van der Waals surface area contributed by atoms with Crippen LogP contribution in [0.3, 0.4) is 0 Å². The lowest BCUT2D eigenvalue weighted by Gasteiger charge is -2.13. The van der Waals surface area contributed by atoms with Crippen molar-refractivity contribution in [2.75, 3.05) is 24.3 Å². The van der Waals surface area contributed by atoms with Crippen molar-refractivity contribution in [1.29, 1.82) is 0 Å². The number of halogens is 1. The first-order chi connectivity index (χ1) is 10.0. The molecule has 0 amide bonds. The van der Waals surface area contributed by atoms with E-state index >= 15 is 0 Å². The van der Waals surface area contributed by atoms with Crippen molar-refractivity contribution in [1.82, 2.24) is 9.97 Å². The van der Waals surface area contributed by atoms with Crippen molar-refractivity contribution in [3.8, 4) is 5.75 Å². The maximum atomic E-state index is 6.12. The molecule has 0 unspecified atom stereocenters. The standard InChI is InChI=1S/C15H19ClN4O/c1-5-17-15-18-10(3)7-14(20-15)19-12-6-9(2)11(16)8-13(12)21-4/h6-8H,5H2,1-4H3,(H2,17,18,19,20). The normalized spacial score (nSPS) is 10.3. The topological polar surface area (TPSA) is 59.1 Å². The monoisotopic (exact) mass is 306 g/mol. The number of aryl methyl sites for hydroxylation is 2. The van der Waals surface area contributed by atoms with Crippen LogP contribution in [-0.4, -0.2) is 23.6 Å². The molecule has 0 saturated carbocycles. The molecular formula is C15H19ClN4O. The zero-order valence-corrected chi connectivity index (χ0v) is 13.4. The van der Waals surface area contributed by atoms with Crippen molar-refractivity contribution in [3.63, 3.8) is 0 Å². The number of aromatic nitrogens is 2. The summed E-state index contributed by atoms with van der Waals surface area (Å²) in [5.74, 6) is 1.98. The average molecular weight is 307 g/mol. The zero-order valence-electron chi connectivity index (χ0n) is 12.6. The van der Waals surface area contributed by atoms with E-state index < -0.39 is 0 Å². The first-order valence-electron chi connectivity index (χ1n) is 6.74. The lowest BCUT2D eigenvalue weighted by atomic mass is 10.2. The van der Waals surface area contributed by atoms with Crippen LogP contribution in [0, 0.1) is 13.8 Å². The highest BCUT2D eigenvalue weighted by Crippen LogP contribution is 2.32. The molecule has 0 radical (unpaired) electrons. The lowest BCUT2D eigenvalue weighted by molar-refractivity contribution is 0.416. The van der Waals surface area contributed by atoms with E-state index in [0.717, 1.165) is 23.5 Å². The number of rotatable bonds is 5. The Kier molecular flexibility index (Phi) is 4.85. The van der Waals surface area contributed by atoms with Gasteiger partial charge in [-0.1, -0.05) is 11.6 Å². The van der Waals surface area contributed by atoms with Gasteiger partial charge in [-0.05, 0) is 32.4 Å². The minimum Gasteiger partial charge on any atom is -0.495 e. The van der Waals surface area contributed by atoms with E-state index in [2.05, 4.69) is 20.6 Å². The number of benzene rings is 1. The van der Waals surface area contributed by atoms with Crippen LogP contribution in [0.2, 0.25) is 5.02 Å².